The van der Waals surface area contributed by atoms with Crippen LogP contribution in [0.4, 0.5) is 0 Å². The first kappa shape index (κ1) is 8.95. The lowest BCUT2D eigenvalue weighted by Gasteiger charge is -2.19. The molecule has 1 saturated heterocycles. The van der Waals surface area contributed by atoms with Crippen LogP contribution < -0.4 is 0 Å². The highest BCUT2D eigenvalue weighted by Gasteiger charge is 2.48. The molecule has 0 aromatic carbocycles. The summed E-state index contributed by atoms with van der Waals surface area (Å²) in [6.07, 6.45) is 4.49. The lowest BCUT2D eigenvalue weighted by molar-refractivity contribution is -0.111. The molecule has 0 aromatic rings. The van der Waals surface area contributed by atoms with Crippen LogP contribution in [0, 0.1) is 5.92 Å². The summed E-state index contributed by atoms with van der Waals surface area (Å²) in [6, 6.07) is 0.709. The Morgan fingerprint density at radius 2 is 2.46 bits per heavy atom. The van der Waals surface area contributed by atoms with Gasteiger partial charge >= 0.3 is 0 Å². The fraction of sp³-hybridized carbons (Fsp3) is 0.727. The minimum Gasteiger partial charge on any atom is -0.302 e. The number of aldehydes is 1. The van der Waals surface area contributed by atoms with Crippen LogP contribution in [0.1, 0.15) is 26.2 Å². The molecule has 1 aliphatic carbocycles. The van der Waals surface area contributed by atoms with Crippen LogP contribution in [0.2, 0.25) is 0 Å². The quantitative estimate of drug-likeness (QED) is 0.484. The van der Waals surface area contributed by atoms with Crippen LogP contribution in [0.25, 0.3) is 0 Å². The molecule has 2 heteroatoms. The number of rotatable bonds is 3. The van der Waals surface area contributed by atoms with Crippen LogP contribution in [0.3, 0.4) is 0 Å². The van der Waals surface area contributed by atoms with Crippen LogP contribution in [-0.4, -0.2) is 29.8 Å². The van der Waals surface area contributed by atoms with Gasteiger partial charge in [0.25, 0.3) is 0 Å². The van der Waals surface area contributed by atoms with Crippen molar-refractivity contribution in [2.24, 2.45) is 5.92 Å². The summed E-state index contributed by atoms with van der Waals surface area (Å²) < 4.78 is 0. The van der Waals surface area contributed by atoms with Gasteiger partial charge in [-0.2, -0.15) is 0 Å². The zero-order valence-corrected chi connectivity index (χ0v) is 8.20. The van der Waals surface area contributed by atoms with Crippen molar-refractivity contribution in [3.8, 4) is 0 Å². The predicted molar refractivity (Wildman–Crippen MR) is 52.5 cm³/mol. The molecule has 13 heavy (non-hydrogen) atoms. The SMILES string of the molecule is C=C1C(CC)[C@H]1N1CCC[C@H]1C=O. The molecule has 1 saturated carbocycles. The molecule has 1 aliphatic heterocycles. The monoisotopic (exact) mass is 179 g/mol. The Labute approximate surface area is 79.6 Å². The zero-order chi connectivity index (χ0) is 9.42. The number of nitrogens with zero attached hydrogens (tertiary/aromatic N) is 1. The van der Waals surface area contributed by atoms with Gasteiger partial charge in [-0.25, -0.2) is 0 Å². The largest absolute Gasteiger partial charge is 0.302 e. The van der Waals surface area contributed by atoms with Gasteiger partial charge in [0.1, 0.15) is 6.29 Å². The normalized spacial score (nSPS) is 39.5. The predicted octanol–water partition coefficient (Wildman–Crippen LogP) is 1.61. The molecule has 2 nitrogen and oxygen atoms in total. The molecule has 0 aromatic heterocycles. The molecule has 1 heterocycles. The molecular formula is C11H17NO. The van der Waals surface area contributed by atoms with Crippen molar-refractivity contribution in [1.82, 2.24) is 4.90 Å². The second-order valence-electron chi connectivity index (χ2n) is 4.12. The van der Waals surface area contributed by atoms with Crippen molar-refractivity contribution in [3.63, 3.8) is 0 Å². The molecule has 2 fully saturated rings. The number of carbonyl (C=O) groups is 1. The van der Waals surface area contributed by atoms with Crippen LogP contribution in [0.5, 0.6) is 0 Å². The summed E-state index contributed by atoms with van der Waals surface area (Å²) in [5.41, 5.74) is 1.34. The Morgan fingerprint density at radius 1 is 1.69 bits per heavy atom. The van der Waals surface area contributed by atoms with Crippen molar-refractivity contribution in [2.45, 2.75) is 38.3 Å². The van der Waals surface area contributed by atoms with Gasteiger partial charge in [-0.05, 0) is 25.8 Å². The Kier molecular flexibility index (Phi) is 2.24. The van der Waals surface area contributed by atoms with Gasteiger partial charge in [-0.1, -0.05) is 19.1 Å². The van der Waals surface area contributed by atoms with Gasteiger partial charge in [0.15, 0.2) is 0 Å². The average Bonchev–Trinajstić information content (AvgIpc) is 2.62. The van der Waals surface area contributed by atoms with E-state index in [-0.39, 0.29) is 6.04 Å². The first-order valence-electron chi connectivity index (χ1n) is 5.19. The summed E-state index contributed by atoms with van der Waals surface area (Å²) in [5.74, 6) is 0.667. The lowest BCUT2D eigenvalue weighted by atomic mass is 10.2. The van der Waals surface area contributed by atoms with E-state index >= 15 is 0 Å². The first-order chi connectivity index (χ1) is 6.29. The maximum absolute atomic E-state index is 10.8. The smallest absolute Gasteiger partial charge is 0.137 e. The number of likely N-dealkylation sites (tertiary alicyclic amines) is 1. The van der Waals surface area contributed by atoms with Gasteiger partial charge in [-0.15, -0.1) is 0 Å². The van der Waals surface area contributed by atoms with E-state index in [1.807, 2.05) is 0 Å². The van der Waals surface area contributed by atoms with E-state index < -0.39 is 0 Å². The Bertz CT molecular complexity index is 236. The molecule has 2 aliphatic rings. The van der Waals surface area contributed by atoms with Crippen molar-refractivity contribution >= 4 is 6.29 Å². The molecule has 2 rings (SSSR count). The summed E-state index contributed by atoms with van der Waals surface area (Å²) in [7, 11) is 0. The van der Waals surface area contributed by atoms with Crippen LogP contribution in [0.15, 0.2) is 12.2 Å². The van der Waals surface area contributed by atoms with Crippen LogP contribution in [-0.2, 0) is 4.79 Å². The minimum atomic E-state index is 0.179. The Hall–Kier alpha value is -0.630. The van der Waals surface area contributed by atoms with E-state index in [4.69, 9.17) is 0 Å². The van der Waals surface area contributed by atoms with Crippen LogP contribution >= 0.6 is 0 Å². The molecule has 0 radical (unpaired) electrons. The third-order valence-electron chi connectivity index (χ3n) is 3.42. The fourth-order valence-electron chi connectivity index (χ4n) is 2.59. The Balaban J connectivity index is 2.01. The lowest BCUT2D eigenvalue weighted by Crippen LogP contribution is -2.33. The molecule has 0 N–H and O–H groups in total. The number of hydrogen-bond donors (Lipinski definition) is 0. The third-order valence-corrected chi connectivity index (χ3v) is 3.42. The van der Waals surface area contributed by atoms with Gasteiger partial charge in [-0.3, -0.25) is 4.90 Å². The molecular weight excluding hydrogens is 162 g/mol. The van der Waals surface area contributed by atoms with Crippen molar-refractivity contribution < 1.29 is 4.79 Å². The molecule has 1 unspecified atom stereocenters. The standard InChI is InChI=1S/C11H17NO/c1-3-10-8(2)11(10)12-6-4-5-9(12)7-13/h7,9-11H,2-6H2,1H3/t9-,10?,11-/m0/s1. The van der Waals surface area contributed by atoms with E-state index in [1.165, 1.54) is 18.4 Å². The van der Waals surface area contributed by atoms with Gasteiger partial charge in [0, 0.05) is 12.0 Å². The van der Waals surface area contributed by atoms with Gasteiger partial charge in [0.05, 0.1) is 6.04 Å². The molecule has 0 bridgehead atoms. The fourth-order valence-corrected chi connectivity index (χ4v) is 2.59. The van der Waals surface area contributed by atoms with E-state index in [2.05, 4.69) is 18.4 Å². The second kappa shape index (κ2) is 3.26. The average molecular weight is 179 g/mol. The maximum atomic E-state index is 10.8. The second-order valence-corrected chi connectivity index (χ2v) is 4.12. The van der Waals surface area contributed by atoms with Crippen molar-refractivity contribution in [3.05, 3.63) is 12.2 Å². The molecule has 72 valence electrons. The van der Waals surface area contributed by atoms with Gasteiger partial charge in [0.2, 0.25) is 0 Å². The first-order valence-corrected chi connectivity index (χ1v) is 5.19. The summed E-state index contributed by atoms with van der Waals surface area (Å²) in [4.78, 5) is 13.1. The number of hydrogen-bond acceptors (Lipinski definition) is 2. The highest BCUT2D eigenvalue weighted by atomic mass is 16.1. The molecule has 0 amide bonds. The topological polar surface area (TPSA) is 20.3 Å². The summed E-state index contributed by atoms with van der Waals surface area (Å²) >= 11 is 0. The highest BCUT2D eigenvalue weighted by Crippen LogP contribution is 2.45. The van der Waals surface area contributed by atoms with Crippen molar-refractivity contribution in [1.29, 1.82) is 0 Å². The van der Waals surface area contributed by atoms with Gasteiger partial charge < -0.3 is 4.79 Å². The summed E-state index contributed by atoms with van der Waals surface area (Å²) in [5, 5.41) is 0. The minimum absolute atomic E-state index is 0.179. The van der Waals surface area contributed by atoms with E-state index in [9.17, 15) is 4.79 Å². The van der Waals surface area contributed by atoms with E-state index in [1.54, 1.807) is 0 Å². The molecule has 3 atom stereocenters. The maximum Gasteiger partial charge on any atom is 0.137 e. The van der Waals surface area contributed by atoms with E-state index in [0.29, 0.717) is 12.0 Å². The zero-order valence-electron chi connectivity index (χ0n) is 8.20. The third kappa shape index (κ3) is 1.33. The highest BCUT2D eigenvalue weighted by molar-refractivity contribution is 5.59. The number of carbonyl (C=O) groups excluding carboxylic acids is 1. The molecule has 0 spiro atoms. The summed E-state index contributed by atoms with van der Waals surface area (Å²) in [6.45, 7) is 7.34. The van der Waals surface area contributed by atoms with E-state index in [0.717, 1.165) is 19.3 Å². The Morgan fingerprint density at radius 3 is 3.00 bits per heavy atom. The van der Waals surface area contributed by atoms with Crippen molar-refractivity contribution in [2.75, 3.05) is 6.54 Å².